The Kier molecular flexibility index (Phi) is 6.46. The van der Waals surface area contributed by atoms with Gasteiger partial charge in [-0.3, -0.25) is 4.57 Å². The Hall–Kier alpha value is -6.59. The Morgan fingerprint density at radius 3 is 1.82 bits per heavy atom. The number of hydrogen-bond donors (Lipinski definition) is 1. The highest BCUT2D eigenvalue weighted by Gasteiger charge is 2.33. The number of aromatic nitrogens is 4. The molecular formula is C46H33N5. The second kappa shape index (κ2) is 11.2. The van der Waals surface area contributed by atoms with E-state index in [0.717, 1.165) is 38.6 Å². The minimum Gasteiger partial charge on any atom is -0.355 e. The van der Waals surface area contributed by atoms with Gasteiger partial charge >= 0.3 is 0 Å². The van der Waals surface area contributed by atoms with E-state index in [2.05, 4.69) is 121 Å². The lowest BCUT2D eigenvalue weighted by Crippen LogP contribution is -2.26. The Morgan fingerprint density at radius 2 is 1.08 bits per heavy atom. The van der Waals surface area contributed by atoms with Crippen LogP contribution >= 0.6 is 0 Å². The van der Waals surface area contributed by atoms with Crippen LogP contribution in [0.2, 0.25) is 0 Å². The lowest BCUT2D eigenvalue weighted by Gasteiger charge is -2.36. The van der Waals surface area contributed by atoms with Crippen molar-refractivity contribution in [3.63, 3.8) is 0 Å². The van der Waals surface area contributed by atoms with Gasteiger partial charge in [-0.05, 0) is 58.0 Å². The molecule has 3 heterocycles. The molecule has 1 aliphatic heterocycles. The van der Waals surface area contributed by atoms with E-state index in [1.54, 1.807) is 0 Å². The zero-order valence-electron chi connectivity index (χ0n) is 28.3. The smallest absolute Gasteiger partial charge is 0.238 e. The normalized spacial score (nSPS) is 13.2. The van der Waals surface area contributed by atoms with Crippen molar-refractivity contribution in [2.45, 2.75) is 19.3 Å². The average Bonchev–Trinajstić information content (AvgIpc) is 3.52. The van der Waals surface area contributed by atoms with Crippen LogP contribution in [0.3, 0.4) is 0 Å². The van der Waals surface area contributed by atoms with Gasteiger partial charge in [0, 0.05) is 38.4 Å². The van der Waals surface area contributed by atoms with Crippen LogP contribution in [0.1, 0.15) is 25.0 Å². The number of rotatable bonds is 4. The van der Waals surface area contributed by atoms with Gasteiger partial charge < -0.3 is 5.32 Å². The zero-order valence-corrected chi connectivity index (χ0v) is 28.3. The molecule has 51 heavy (non-hydrogen) atoms. The van der Waals surface area contributed by atoms with Crippen molar-refractivity contribution in [3.05, 3.63) is 169 Å². The Morgan fingerprint density at radius 1 is 0.471 bits per heavy atom. The van der Waals surface area contributed by atoms with Crippen molar-refractivity contribution < 1.29 is 0 Å². The van der Waals surface area contributed by atoms with E-state index in [4.69, 9.17) is 15.0 Å². The number of nitrogens with one attached hydrogen (secondary N) is 1. The van der Waals surface area contributed by atoms with E-state index in [1.165, 1.54) is 38.7 Å². The molecule has 0 amide bonds. The van der Waals surface area contributed by atoms with E-state index in [9.17, 15) is 0 Å². The van der Waals surface area contributed by atoms with Crippen LogP contribution in [0.4, 0.5) is 11.4 Å². The first-order valence-corrected chi connectivity index (χ1v) is 17.4. The van der Waals surface area contributed by atoms with Crippen LogP contribution in [0.25, 0.3) is 72.4 Å². The number of para-hydroxylation sites is 1. The lowest BCUT2D eigenvalue weighted by atomic mass is 9.73. The molecule has 0 aliphatic carbocycles. The summed E-state index contributed by atoms with van der Waals surface area (Å²) >= 11 is 0. The standard InChI is InChI=1S/C46H33N5/c1-46(2)37-24-21-29-13-9-10-18-34(29)42(37)47-39-25-22-33(28-38(39)46)32-23-26-41-36(27-32)35-19-11-12-20-40(35)51(41)45-49-43(30-14-5-3-6-15-30)48-44(50-45)31-16-7-4-8-17-31/h3-28,47H,1-2H3. The summed E-state index contributed by atoms with van der Waals surface area (Å²) in [7, 11) is 0. The highest BCUT2D eigenvalue weighted by molar-refractivity contribution is 6.10. The lowest BCUT2D eigenvalue weighted by molar-refractivity contribution is 0.639. The maximum absolute atomic E-state index is 5.09. The molecule has 0 fully saturated rings. The number of hydrogen-bond acceptors (Lipinski definition) is 4. The second-order valence-corrected chi connectivity index (χ2v) is 13.8. The molecule has 0 saturated heterocycles. The topological polar surface area (TPSA) is 55.6 Å². The van der Waals surface area contributed by atoms with Crippen LogP contribution in [0.15, 0.2) is 158 Å². The summed E-state index contributed by atoms with van der Waals surface area (Å²) in [5.74, 6) is 1.87. The minimum atomic E-state index is -0.179. The maximum atomic E-state index is 5.09. The minimum absolute atomic E-state index is 0.179. The molecule has 0 saturated carbocycles. The summed E-state index contributed by atoms with van der Waals surface area (Å²) in [6, 6.07) is 55.5. The van der Waals surface area contributed by atoms with Gasteiger partial charge in [0.2, 0.25) is 5.95 Å². The number of fused-ring (bicyclic) bond motifs is 7. The summed E-state index contributed by atoms with van der Waals surface area (Å²) < 4.78 is 2.18. The van der Waals surface area contributed by atoms with Gasteiger partial charge in [0.05, 0.1) is 16.7 Å². The van der Waals surface area contributed by atoms with Crippen LogP contribution < -0.4 is 5.32 Å². The number of nitrogens with zero attached hydrogens (tertiary/aromatic N) is 4. The zero-order chi connectivity index (χ0) is 34.1. The quantitative estimate of drug-likeness (QED) is 0.205. The Labute approximate surface area is 295 Å². The van der Waals surface area contributed by atoms with Crippen LogP contribution in [0, 0.1) is 0 Å². The Balaban J connectivity index is 1.13. The van der Waals surface area contributed by atoms with E-state index in [1.807, 2.05) is 60.7 Å². The maximum Gasteiger partial charge on any atom is 0.238 e. The van der Waals surface area contributed by atoms with Crippen molar-refractivity contribution in [2.75, 3.05) is 5.32 Å². The summed E-state index contributed by atoms with van der Waals surface area (Å²) in [6.45, 7) is 4.67. The van der Waals surface area contributed by atoms with Crippen LogP contribution in [-0.4, -0.2) is 19.5 Å². The van der Waals surface area contributed by atoms with E-state index < -0.39 is 0 Å². The highest BCUT2D eigenvalue weighted by Crippen LogP contribution is 2.49. The van der Waals surface area contributed by atoms with Crippen molar-refractivity contribution in [3.8, 4) is 39.9 Å². The molecule has 7 aromatic carbocycles. The third kappa shape index (κ3) is 4.66. The number of benzene rings is 7. The SMILES string of the molecule is CC1(C)c2cc(-c3ccc4c(c3)c3ccccc3n4-c3nc(-c4ccccc4)nc(-c4ccccc4)n3)ccc2Nc2c1ccc1ccccc21. The van der Waals surface area contributed by atoms with Gasteiger partial charge in [0.25, 0.3) is 0 Å². The fraction of sp³-hybridized carbons (Fsp3) is 0.0652. The Bertz CT molecular complexity index is 2740. The molecule has 5 nitrogen and oxygen atoms in total. The van der Waals surface area contributed by atoms with Gasteiger partial charge in [-0.25, -0.2) is 4.98 Å². The molecule has 242 valence electrons. The summed E-state index contributed by atoms with van der Waals surface area (Å²) in [4.78, 5) is 15.1. The molecule has 2 aromatic heterocycles. The van der Waals surface area contributed by atoms with Gasteiger partial charge in [-0.15, -0.1) is 0 Å². The molecule has 0 radical (unpaired) electrons. The molecule has 10 rings (SSSR count). The third-order valence-corrected chi connectivity index (χ3v) is 10.4. The highest BCUT2D eigenvalue weighted by atomic mass is 15.2. The van der Waals surface area contributed by atoms with Crippen LogP contribution in [-0.2, 0) is 5.41 Å². The van der Waals surface area contributed by atoms with E-state index >= 15 is 0 Å². The van der Waals surface area contributed by atoms with Gasteiger partial charge in [-0.1, -0.05) is 141 Å². The first kappa shape index (κ1) is 29.3. The van der Waals surface area contributed by atoms with Crippen molar-refractivity contribution in [1.29, 1.82) is 0 Å². The average molecular weight is 656 g/mol. The molecule has 0 atom stereocenters. The van der Waals surface area contributed by atoms with Crippen molar-refractivity contribution in [1.82, 2.24) is 19.5 Å². The second-order valence-electron chi connectivity index (χ2n) is 13.8. The fourth-order valence-electron chi connectivity index (χ4n) is 7.82. The van der Waals surface area contributed by atoms with E-state index in [-0.39, 0.29) is 5.41 Å². The molecule has 0 bridgehead atoms. The predicted octanol–water partition coefficient (Wildman–Crippen LogP) is 11.5. The largest absolute Gasteiger partial charge is 0.355 e. The third-order valence-electron chi connectivity index (χ3n) is 10.4. The van der Waals surface area contributed by atoms with Crippen LogP contribution in [0.5, 0.6) is 0 Å². The number of anilines is 2. The summed E-state index contributed by atoms with van der Waals surface area (Å²) in [5.41, 5.74) is 11.1. The molecule has 9 aromatic rings. The first-order chi connectivity index (χ1) is 25.0. The molecule has 1 aliphatic rings. The first-order valence-electron chi connectivity index (χ1n) is 17.4. The summed E-state index contributed by atoms with van der Waals surface area (Å²) in [6.07, 6.45) is 0. The summed E-state index contributed by atoms with van der Waals surface area (Å²) in [5, 5.41) is 8.61. The van der Waals surface area contributed by atoms with Crippen molar-refractivity contribution >= 4 is 44.0 Å². The molecule has 0 unspecified atom stereocenters. The molecule has 5 heteroatoms. The van der Waals surface area contributed by atoms with E-state index in [0.29, 0.717) is 17.6 Å². The predicted molar refractivity (Wildman–Crippen MR) is 210 cm³/mol. The van der Waals surface area contributed by atoms with Crippen molar-refractivity contribution in [2.24, 2.45) is 0 Å². The van der Waals surface area contributed by atoms with Gasteiger partial charge in [0.1, 0.15) is 0 Å². The fourth-order valence-corrected chi connectivity index (χ4v) is 7.82. The monoisotopic (exact) mass is 655 g/mol. The molecule has 1 N–H and O–H groups in total. The van der Waals surface area contributed by atoms with Gasteiger partial charge in [0.15, 0.2) is 11.6 Å². The molecular weight excluding hydrogens is 623 g/mol. The van der Waals surface area contributed by atoms with Gasteiger partial charge in [-0.2, -0.15) is 9.97 Å². The molecule has 0 spiro atoms.